The minimum absolute atomic E-state index is 0.0679. The molecule has 0 aliphatic heterocycles. The molecule has 1 rings (SSSR count). The minimum Gasteiger partial charge on any atom is -0.392 e. The Labute approximate surface area is 107 Å². The Morgan fingerprint density at radius 1 is 1.56 bits per heavy atom. The molecule has 0 spiro atoms. The molecule has 0 fully saturated rings. The molecule has 1 aromatic rings. The van der Waals surface area contributed by atoms with Crippen molar-refractivity contribution in [1.82, 2.24) is 19.8 Å². The summed E-state index contributed by atoms with van der Waals surface area (Å²) in [6.45, 7) is 2.23. The summed E-state index contributed by atoms with van der Waals surface area (Å²) in [6, 6.07) is -0.188. The van der Waals surface area contributed by atoms with Crippen molar-refractivity contribution in [2.75, 3.05) is 20.6 Å². The molecule has 1 atom stereocenters. The normalized spacial score (nSPS) is 14.1. The number of sulfonamides is 1. The summed E-state index contributed by atoms with van der Waals surface area (Å²) in [7, 11) is 0.208. The number of hydrogen-bond donors (Lipinski definition) is 3. The molecular formula is C10H20N4O3S. The average Bonchev–Trinajstić information content (AvgIpc) is 2.74. The maximum absolute atomic E-state index is 12.0. The fourth-order valence-electron chi connectivity index (χ4n) is 1.48. The molecule has 0 aliphatic rings. The van der Waals surface area contributed by atoms with Gasteiger partial charge >= 0.3 is 0 Å². The van der Waals surface area contributed by atoms with E-state index in [1.54, 1.807) is 6.92 Å². The molecule has 1 heterocycles. The van der Waals surface area contributed by atoms with Crippen LogP contribution < -0.4 is 4.72 Å². The third-order valence-corrected chi connectivity index (χ3v) is 4.09. The SMILES string of the molecule is CC(CCN(C)C)NS(=O)(=O)c1[nH]ncc1CO. The van der Waals surface area contributed by atoms with Crippen LogP contribution in [0.3, 0.4) is 0 Å². The third kappa shape index (κ3) is 4.05. The first kappa shape index (κ1) is 15.1. The second kappa shape index (κ2) is 6.28. The molecule has 3 N–H and O–H groups in total. The molecule has 7 nitrogen and oxygen atoms in total. The minimum atomic E-state index is -3.65. The second-order valence-corrected chi connectivity index (χ2v) is 6.15. The molecule has 0 saturated heterocycles. The Balaban J connectivity index is 2.70. The van der Waals surface area contributed by atoms with Gasteiger partial charge < -0.3 is 10.0 Å². The highest BCUT2D eigenvalue weighted by Crippen LogP contribution is 2.12. The Morgan fingerprint density at radius 3 is 2.78 bits per heavy atom. The average molecular weight is 276 g/mol. The number of H-pyrrole nitrogens is 1. The van der Waals surface area contributed by atoms with Crippen molar-refractivity contribution in [2.45, 2.75) is 31.0 Å². The first-order chi connectivity index (χ1) is 8.36. The van der Waals surface area contributed by atoms with Gasteiger partial charge in [-0.3, -0.25) is 5.10 Å². The molecule has 1 unspecified atom stereocenters. The fourth-order valence-corrected chi connectivity index (χ4v) is 2.88. The van der Waals surface area contributed by atoms with E-state index in [1.807, 2.05) is 19.0 Å². The summed E-state index contributed by atoms with van der Waals surface area (Å²) in [6.07, 6.45) is 2.01. The number of nitrogens with one attached hydrogen (secondary N) is 2. The molecule has 0 radical (unpaired) electrons. The van der Waals surface area contributed by atoms with E-state index >= 15 is 0 Å². The molecule has 104 valence electrons. The molecule has 0 saturated carbocycles. The number of aromatic nitrogens is 2. The van der Waals surface area contributed by atoms with Gasteiger partial charge in [-0.1, -0.05) is 0 Å². The number of aromatic amines is 1. The smallest absolute Gasteiger partial charge is 0.258 e. The van der Waals surface area contributed by atoms with Crippen LogP contribution in [0.2, 0.25) is 0 Å². The fraction of sp³-hybridized carbons (Fsp3) is 0.700. The van der Waals surface area contributed by atoms with Crippen molar-refractivity contribution in [3.05, 3.63) is 11.8 Å². The van der Waals surface area contributed by atoms with Gasteiger partial charge in [0.15, 0.2) is 5.03 Å². The van der Waals surface area contributed by atoms with Crippen molar-refractivity contribution in [3.63, 3.8) is 0 Å². The Kier molecular flexibility index (Phi) is 5.27. The van der Waals surface area contributed by atoms with Crippen LogP contribution in [0.4, 0.5) is 0 Å². The first-order valence-corrected chi connectivity index (χ1v) is 7.15. The number of aliphatic hydroxyl groups excluding tert-OH is 1. The summed E-state index contributed by atoms with van der Waals surface area (Å²) in [5.74, 6) is 0. The summed E-state index contributed by atoms with van der Waals surface area (Å²) in [5, 5.41) is 15.0. The van der Waals surface area contributed by atoms with Crippen LogP contribution in [0.5, 0.6) is 0 Å². The lowest BCUT2D eigenvalue weighted by molar-refractivity contribution is 0.278. The Bertz CT molecular complexity index is 469. The summed E-state index contributed by atoms with van der Waals surface area (Å²) in [5.41, 5.74) is 0.266. The standard InChI is InChI=1S/C10H20N4O3S/c1-8(4-5-14(2)3)13-18(16,17)10-9(7-15)6-11-12-10/h6,8,13,15H,4-5,7H2,1-3H3,(H,11,12). The zero-order chi connectivity index (χ0) is 13.8. The number of rotatable bonds is 7. The molecule has 8 heteroatoms. The summed E-state index contributed by atoms with van der Waals surface area (Å²) >= 11 is 0. The van der Waals surface area contributed by atoms with E-state index in [2.05, 4.69) is 14.9 Å². The van der Waals surface area contributed by atoms with Gasteiger partial charge in [0.2, 0.25) is 0 Å². The zero-order valence-corrected chi connectivity index (χ0v) is 11.7. The van der Waals surface area contributed by atoms with Crippen LogP contribution in [-0.4, -0.2) is 55.3 Å². The maximum Gasteiger partial charge on any atom is 0.258 e. The van der Waals surface area contributed by atoms with Crippen LogP contribution in [-0.2, 0) is 16.6 Å². The number of nitrogens with zero attached hydrogens (tertiary/aromatic N) is 2. The highest BCUT2D eigenvalue weighted by molar-refractivity contribution is 7.89. The van der Waals surface area contributed by atoms with Gasteiger partial charge in [-0.25, -0.2) is 13.1 Å². The zero-order valence-electron chi connectivity index (χ0n) is 10.8. The Hall–Kier alpha value is -0.960. The van der Waals surface area contributed by atoms with E-state index in [-0.39, 0.29) is 23.2 Å². The summed E-state index contributed by atoms with van der Waals surface area (Å²) < 4.78 is 26.6. The predicted octanol–water partition coefficient (Wildman–Crippen LogP) is -0.479. The van der Waals surface area contributed by atoms with Gasteiger partial charge in [-0.15, -0.1) is 0 Å². The van der Waals surface area contributed by atoms with Crippen LogP contribution in [0.25, 0.3) is 0 Å². The van der Waals surface area contributed by atoms with Crippen LogP contribution in [0, 0.1) is 0 Å². The number of aliphatic hydroxyl groups is 1. The van der Waals surface area contributed by atoms with Gasteiger partial charge in [-0.05, 0) is 34.0 Å². The molecule has 1 aromatic heterocycles. The largest absolute Gasteiger partial charge is 0.392 e. The van der Waals surface area contributed by atoms with Gasteiger partial charge in [0.1, 0.15) is 0 Å². The topological polar surface area (TPSA) is 98.3 Å². The van der Waals surface area contributed by atoms with E-state index in [1.165, 1.54) is 6.20 Å². The Morgan fingerprint density at radius 2 is 2.22 bits per heavy atom. The molecular weight excluding hydrogens is 256 g/mol. The van der Waals surface area contributed by atoms with Gasteiger partial charge in [-0.2, -0.15) is 5.10 Å². The van der Waals surface area contributed by atoms with Crippen molar-refractivity contribution >= 4 is 10.0 Å². The quantitative estimate of drug-likeness (QED) is 0.625. The van der Waals surface area contributed by atoms with E-state index in [9.17, 15) is 8.42 Å². The number of hydrogen-bond acceptors (Lipinski definition) is 5. The lowest BCUT2D eigenvalue weighted by atomic mass is 10.2. The lowest BCUT2D eigenvalue weighted by Crippen LogP contribution is -2.35. The highest BCUT2D eigenvalue weighted by Gasteiger charge is 2.22. The lowest BCUT2D eigenvalue weighted by Gasteiger charge is -2.16. The van der Waals surface area contributed by atoms with E-state index < -0.39 is 10.0 Å². The van der Waals surface area contributed by atoms with E-state index in [0.29, 0.717) is 6.42 Å². The van der Waals surface area contributed by atoms with Crippen molar-refractivity contribution in [3.8, 4) is 0 Å². The van der Waals surface area contributed by atoms with Crippen molar-refractivity contribution < 1.29 is 13.5 Å². The van der Waals surface area contributed by atoms with Crippen LogP contribution in [0.1, 0.15) is 18.9 Å². The van der Waals surface area contributed by atoms with Gasteiger partial charge in [0, 0.05) is 11.6 Å². The third-order valence-electron chi connectivity index (χ3n) is 2.48. The monoisotopic (exact) mass is 276 g/mol. The molecule has 0 bridgehead atoms. The van der Waals surface area contributed by atoms with Gasteiger partial charge in [0.05, 0.1) is 12.8 Å². The maximum atomic E-state index is 12.0. The van der Waals surface area contributed by atoms with E-state index in [4.69, 9.17) is 5.11 Å². The predicted molar refractivity (Wildman–Crippen MR) is 67.5 cm³/mol. The molecule has 0 aliphatic carbocycles. The molecule has 0 aromatic carbocycles. The van der Waals surface area contributed by atoms with E-state index in [0.717, 1.165) is 6.54 Å². The molecule has 0 amide bonds. The van der Waals surface area contributed by atoms with Crippen LogP contribution >= 0.6 is 0 Å². The first-order valence-electron chi connectivity index (χ1n) is 5.67. The summed E-state index contributed by atoms with van der Waals surface area (Å²) in [4.78, 5) is 1.99. The highest BCUT2D eigenvalue weighted by atomic mass is 32.2. The van der Waals surface area contributed by atoms with Gasteiger partial charge in [0.25, 0.3) is 10.0 Å². The van der Waals surface area contributed by atoms with Crippen LogP contribution in [0.15, 0.2) is 11.2 Å². The van der Waals surface area contributed by atoms with Crippen molar-refractivity contribution in [1.29, 1.82) is 0 Å². The second-order valence-electron chi connectivity index (χ2n) is 4.50. The molecule has 18 heavy (non-hydrogen) atoms. The van der Waals surface area contributed by atoms with Crippen molar-refractivity contribution in [2.24, 2.45) is 0 Å².